The standard InChI is InChI=1S/C29H52N4O13/c1-17-19(34)16-20(35)28(45-17)43-14-10-31-22(37)8-12-33(24(39)7-5-4-6-21(36)30-3)13-9-23(38)32-11-15-44-29-27(42)26(41)25(40)18(2)46-29/h17-20,25-29,34-35,40-42H,4-16H2,1-3H3,(H,30,36)(H,31,37)(H,32,38)/t17-,18-,19-,20-,25+,26+,27-,28+,29+/m0/s1. The molecule has 17 nitrogen and oxygen atoms in total. The highest BCUT2D eigenvalue weighted by molar-refractivity contribution is 5.80. The summed E-state index contributed by atoms with van der Waals surface area (Å²) >= 11 is 0. The van der Waals surface area contributed by atoms with Crippen LogP contribution in [0.4, 0.5) is 0 Å². The fourth-order valence-corrected chi connectivity index (χ4v) is 4.83. The predicted octanol–water partition coefficient (Wildman–Crippen LogP) is -3.15. The van der Waals surface area contributed by atoms with Gasteiger partial charge in [-0.05, 0) is 26.7 Å². The monoisotopic (exact) mass is 664 g/mol. The van der Waals surface area contributed by atoms with E-state index in [-0.39, 0.29) is 95.1 Å². The zero-order valence-electron chi connectivity index (χ0n) is 26.8. The molecule has 0 unspecified atom stereocenters. The maximum Gasteiger partial charge on any atom is 0.222 e. The highest BCUT2D eigenvalue weighted by Crippen LogP contribution is 2.22. The number of hydrogen-bond donors (Lipinski definition) is 8. The summed E-state index contributed by atoms with van der Waals surface area (Å²) in [4.78, 5) is 50.7. The van der Waals surface area contributed by atoms with Crippen LogP contribution in [0, 0.1) is 0 Å². The van der Waals surface area contributed by atoms with E-state index in [2.05, 4.69) is 16.0 Å². The SMILES string of the molecule is CNC(=O)CCCCC(=O)N(CCC(=O)NCCO[C@@H]1O[C@@H](C)[C@@H](O)[C@@H](O)[C@@H]1O)CCC(=O)NCCO[C@@H]1O[C@@H](C)[C@@H](O)C[C@@H]1O. The maximum absolute atomic E-state index is 12.9. The van der Waals surface area contributed by atoms with Gasteiger partial charge in [-0.15, -0.1) is 0 Å². The Labute approximate surface area is 268 Å². The Morgan fingerprint density at radius 1 is 0.696 bits per heavy atom. The van der Waals surface area contributed by atoms with Gasteiger partial charge < -0.3 is 65.3 Å². The minimum absolute atomic E-state index is 0.0338. The Hall–Kier alpha value is -2.48. The Kier molecular flexibility index (Phi) is 17.9. The summed E-state index contributed by atoms with van der Waals surface area (Å²) in [6.45, 7) is 3.49. The summed E-state index contributed by atoms with van der Waals surface area (Å²) in [6, 6.07) is 0. The van der Waals surface area contributed by atoms with Crippen molar-refractivity contribution in [2.75, 3.05) is 46.4 Å². The van der Waals surface area contributed by atoms with Gasteiger partial charge in [0.15, 0.2) is 12.6 Å². The van der Waals surface area contributed by atoms with Gasteiger partial charge >= 0.3 is 0 Å². The van der Waals surface area contributed by atoms with Crippen molar-refractivity contribution in [3.05, 3.63) is 0 Å². The van der Waals surface area contributed by atoms with Crippen molar-refractivity contribution in [1.82, 2.24) is 20.9 Å². The first kappa shape index (κ1) is 39.7. The summed E-state index contributed by atoms with van der Waals surface area (Å²) in [5.74, 6) is -1.13. The molecule has 266 valence electrons. The molecule has 0 radical (unpaired) electrons. The zero-order valence-corrected chi connectivity index (χ0v) is 26.8. The molecule has 17 heteroatoms. The summed E-state index contributed by atoms with van der Waals surface area (Å²) in [5, 5.41) is 57.2. The van der Waals surface area contributed by atoms with Crippen molar-refractivity contribution in [2.24, 2.45) is 0 Å². The highest BCUT2D eigenvalue weighted by Gasteiger charge is 2.42. The van der Waals surface area contributed by atoms with Gasteiger partial charge in [0.05, 0.1) is 31.5 Å². The average Bonchev–Trinajstić information content (AvgIpc) is 3.02. The van der Waals surface area contributed by atoms with Crippen LogP contribution in [0.1, 0.15) is 58.8 Å². The molecule has 0 bridgehead atoms. The van der Waals surface area contributed by atoms with E-state index < -0.39 is 55.3 Å². The van der Waals surface area contributed by atoms with Crippen LogP contribution < -0.4 is 16.0 Å². The Morgan fingerprint density at radius 3 is 1.83 bits per heavy atom. The molecular formula is C29H52N4O13. The molecule has 2 rings (SSSR count). The smallest absolute Gasteiger partial charge is 0.222 e. The molecule has 0 aromatic rings. The average molecular weight is 665 g/mol. The molecule has 0 aliphatic carbocycles. The van der Waals surface area contributed by atoms with Crippen LogP contribution in [0.5, 0.6) is 0 Å². The lowest BCUT2D eigenvalue weighted by molar-refractivity contribution is -0.292. The molecule has 2 aliphatic rings. The Morgan fingerprint density at radius 2 is 1.24 bits per heavy atom. The van der Waals surface area contributed by atoms with E-state index >= 15 is 0 Å². The van der Waals surface area contributed by atoms with E-state index in [4.69, 9.17) is 18.9 Å². The molecule has 9 atom stereocenters. The predicted molar refractivity (Wildman–Crippen MR) is 160 cm³/mol. The second-order valence-corrected chi connectivity index (χ2v) is 11.5. The quantitative estimate of drug-likeness (QED) is 0.0637. The Bertz CT molecular complexity index is 960. The third-order valence-corrected chi connectivity index (χ3v) is 7.80. The number of unbranched alkanes of at least 4 members (excludes halogenated alkanes) is 1. The summed E-state index contributed by atoms with van der Waals surface area (Å²) in [6.07, 6.45) is -7.86. The number of rotatable bonds is 19. The van der Waals surface area contributed by atoms with Crippen molar-refractivity contribution in [3.63, 3.8) is 0 Å². The van der Waals surface area contributed by atoms with E-state index in [1.165, 1.54) is 18.9 Å². The number of nitrogens with zero attached hydrogens (tertiary/aromatic N) is 1. The van der Waals surface area contributed by atoms with Crippen LogP contribution >= 0.6 is 0 Å². The number of hydrogen-bond acceptors (Lipinski definition) is 13. The minimum atomic E-state index is -1.46. The first-order valence-electron chi connectivity index (χ1n) is 15.8. The number of carbonyl (C=O) groups excluding carboxylic acids is 4. The summed E-state index contributed by atoms with van der Waals surface area (Å²) in [5.41, 5.74) is 0. The van der Waals surface area contributed by atoms with Crippen molar-refractivity contribution < 1.29 is 63.7 Å². The van der Waals surface area contributed by atoms with Crippen molar-refractivity contribution in [1.29, 1.82) is 0 Å². The third kappa shape index (κ3) is 13.7. The topological polar surface area (TPSA) is 246 Å². The van der Waals surface area contributed by atoms with Gasteiger partial charge in [0, 0.05) is 65.3 Å². The number of aliphatic hydroxyl groups excluding tert-OH is 5. The van der Waals surface area contributed by atoms with E-state index in [9.17, 15) is 44.7 Å². The largest absolute Gasteiger partial charge is 0.390 e. The third-order valence-electron chi connectivity index (χ3n) is 7.80. The minimum Gasteiger partial charge on any atom is -0.390 e. The van der Waals surface area contributed by atoms with Crippen LogP contribution in [0.15, 0.2) is 0 Å². The molecule has 0 aromatic heterocycles. The van der Waals surface area contributed by atoms with Crippen LogP contribution in [-0.4, -0.2) is 156 Å². The Balaban J connectivity index is 1.75. The zero-order chi connectivity index (χ0) is 34.2. The van der Waals surface area contributed by atoms with Crippen LogP contribution in [0.3, 0.4) is 0 Å². The van der Waals surface area contributed by atoms with E-state index in [0.29, 0.717) is 12.8 Å². The molecule has 8 N–H and O–H groups in total. The molecule has 2 aliphatic heterocycles. The lowest BCUT2D eigenvalue weighted by Gasteiger charge is -2.38. The highest BCUT2D eigenvalue weighted by atomic mass is 16.7. The van der Waals surface area contributed by atoms with Gasteiger partial charge in [-0.3, -0.25) is 19.2 Å². The first-order valence-corrected chi connectivity index (χ1v) is 15.8. The molecular weight excluding hydrogens is 612 g/mol. The maximum atomic E-state index is 12.9. The van der Waals surface area contributed by atoms with Crippen LogP contribution in [0.25, 0.3) is 0 Å². The second-order valence-electron chi connectivity index (χ2n) is 11.5. The fraction of sp³-hybridized carbons (Fsp3) is 0.862. The van der Waals surface area contributed by atoms with Crippen LogP contribution in [-0.2, 0) is 38.1 Å². The van der Waals surface area contributed by atoms with Crippen LogP contribution in [0.2, 0.25) is 0 Å². The van der Waals surface area contributed by atoms with E-state index in [0.717, 1.165) is 0 Å². The molecule has 46 heavy (non-hydrogen) atoms. The number of carbonyl (C=O) groups is 4. The second kappa shape index (κ2) is 20.7. The van der Waals surface area contributed by atoms with Gasteiger partial charge in [-0.1, -0.05) is 0 Å². The first-order chi connectivity index (χ1) is 21.8. The molecule has 0 spiro atoms. The van der Waals surface area contributed by atoms with E-state index in [1.54, 1.807) is 6.92 Å². The lowest BCUT2D eigenvalue weighted by atomic mass is 10.0. The molecule has 2 heterocycles. The van der Waals surface area contributed by atoms with Crippen molar-refractivity contribution in [2.45, 2.75) is 114 Å². The van der Waals surface area contributed by atoms with Gasteiger partial charge in [0.2, 0.25) is 23.6 Å². The fourth-order valence-electron chi connectivity index (χ4n) is 4.83. The van der Waals surface area contributed by atoms with Gasteiger partial charge in [0.25, 0.3) is 0 Å². The summed E-state index contributed by atoms with van der Waals surface area (Å²) in [7, 11) is 1.53. The van der Waals surface area contributed by atoms with Gasteiger partial charge in [-0.2, -0.15) is 0 Å². The molecule has 2 saturated heterocycles. The summed E-state index contributed by atoms with van der Waals surface area (Å²) < 4.78 is 21.7. The van der Waals surface area contributed by atoms with Gasteiger partial charge in [0.1, 0.15) is 24.4 Å². The van der Waals surface area contributed by atoms with Crippen molar-refractivity contribution >= 4 is 23.6 Å². The van der Waals surface area contributed by atoms with Crippen molar-refractivity contribution in [3.8, 4) is 0 Å². The van der Waals surface area contributed by atoms with Gasteiger partial charge in [-0.25, -0.2) is 0 Å². The molecule has 2 fully saturated rings. The number of amides is 4. The normalized spacial score (nSPS) is 29.5. The number of ether oxygens (including phenoxy) is 4. The number of aliphatic hydroxyl groups is 5. The van der Waals surface area contributed by atoms with E-state index in [1.807, 2.05) is 0 Å². The molecule has 0 aromatic carbocycles. The lowest BCUT2D eigenvalue weighted by Crippen LogP contribution is -2.57. The number of nitrogens with one attached hydrogen (secondary N) is 3. The molecule has 0 saturated carbocycles. The molecule has 4 amide bonds.